The van der Waals surface area contributed by atoms with Crippen LogP contribution < -0.4 is 16.2 Å². The molecular weight excluding hydrogens is 362 g/mol. The van der Waals surface area contributed by atoms with Crippen LogP contribution in [0.15, 0.2) is 18.2 Å². The number of hydrogen-bond acceptors (Lipinski definition) is 4. The Morgan fingerprint density at radius 3 is 2.29 bits per heavy atom. The fourth-order valence-corrected chi connectivity index (χ4v) is 3.34. The molecule has 4 N–H and O–H groups in total. The standard InChI is InChI=1S/C20H27N3O5/c1-12-7-8-13(2)16(11-12)21-17(24)9-10-18(25)22-23-19(26)14-5-3-4-6-15(14)20(27)28/h7-8,11,14-15H,3-6,9-10H2,1-2H3,(H,21,24)(H,22,25)(H,23,26)(H,27,28). The molecule has 2 atom stereocenters. The Hall–Kier alpha value is -2.90. The first-order valence-electron chi connectivity index (χ1n) is 9.46. The van der Waals surface area contributed by atoms with E-state index in [0.717, 1.165) is 24.0 Å². The Bertz CT molecular complexity index is 762. The number of amides is 3. The molecule has 8 heteroatoms. The van der Waals surface area contributed by atoms with Crippen molar-refractivity contribution in [2.24, 2.45) is 11.8 Å². The molecule has 1 aromatic rings. The Labute approximate surface area is 164 Å². The monoisotopic (exact) mass is 389 g/mol. The number of carbonyl (C=O) groups is 4. The number of carbonyl (C=O) groups excluding carboxylic acids is 3. The van der Waals surface area contributed by atoms with E-state index in [1.54, 1.807) is 0 Å². The van der Waals surface area contributed by atoms with Crippen molar-refractivity contribution in [3.8, 4) is 0 Å². The molecular formula is C20H27N3O5. The third-order valence-electron chi connectivity index (χ3n) is 4.99. The van der Waals surface area contributed by atoms with Crippen LogP contribution in [0.3, 0.4) is 0 Å². The molecule has 2 rings (SSSR count). The largest absolute Gasteiger partial charge is 0.481 e. The molecule has 0 radical (unpaired) electrons. The van der Waals surface area contributed by atoms with Crippen molar-refractivity contribution in [1.29, 1.82) is 0 Å². The van der Waals surface area contributed by atoms with E-state index in [9.17, 15) is 24.3 Å². The maximum atomic E-state index is 12.2. The number of anilines is 1. The molecule has 1 aliphatic rings. The van der Waals surface area contributed by atoms with Crippen LogP contribution in [0.5, 0.6) is 0 Å². The molecule has 152 valence electrons. The Morgan fingerprint density at radius 1 is 0.964 bits per heavy atom. The van der Waals surface area contributed by atoms with E-state index >= 15 is 0 Å². The van der Waals surface area contributed by atoms with Crippen molar-refractivity contribution in [3.63, 3.8) is 0 Å². The zero-order valence-corrected chi connectivity index (χ0v) is 16.2. The summed E-state index contributed by atoms with van der Waals surface area (Å²) >= 11 is 0. The molecule has 0 aliphatic heterocycles. The average Bonchev–Trinajstić information content (AvgIpc) is 2.67. The lowest BCUT2D eigenvalue weighted by Crippen LogP contribution is -2.48. The fourth-order valence-electron chi connectivity index (χ4n) is 3.34. The highest BCUT2D eigenvalue weighted by atomic mass is 16.4. The van der Waals surface area contributed by atoms with Crippen LogP contribution in [0.25, 0.3) is 0 Å². The molecule has 0 saturated heterocycles. The van der Waals surface area contributed by atoms with Crippen molar-refractivity contribution in [3.05, 3.63) is 29.3 Å². The first-order chi connectivity index (χ1) is 13.3. The van der Waals surface area contributed by atoms with E-state index in [0.29, 0.717) is 18.5 Å². The minimum Gasteiger partial charge on any atom is -0.481 e. The predicted octanol–water partition coefficient (Wildman–Crippen LogP) is 2.06. The van der Waals surface area contributed by atoms with Gasteiger partial charge < -0.3 is 10.4 Å². The number of benzene rings is 1. The number of nitrogens with one attached hydrogen (secondary N) is 3. The second-order valence-electron chi connectivity index (χ2n) is 7.24. The van der Waals surface area contributed by atoms with Gasteiger partial charge in [-0.25, -0.2) is 0 Å². The van der Waals surface area contributed by atoms with E-state index < -0.39 is 29.6 Å². The summed E-state index contributed by atoms with van der Waals surface area (Å²) in [5.41, 5.74) is 7.21. The van der Waals surface area contributed by atoms with E-state index in [2.05, 4.69) is 16.2 Å². The van der Waals surface area contributed by atoms with Crippen LogP contribution in [0, 0.1) is 25.7 Å². The van der Waals surface area contributed by atoms with E-state index in [-0.39, 0.29) is 18.7 Å². The molecule has 8 nitrogen and oxygen atoms in total. The number of carboxylic acids is 1. The van der Waals surface area contributed by atoms with Crippen molar-refractivity contribution in [2.75, 3.05) is 5.32 Å². The fraction of sp³-hybridized carbons (Fsp3) is 0.500. The summed E-state index contributed by atoms with van der Waals surface area (Å²) in [6.07, 6.45) is 2.38. The zero-order valence-electron chi connectivity index (χ0n) is 16.2. The van der Waals surface area contributed by atoms with Crippen LogP contribution >= 0.6 is 0 Å². The summed E-state index contributed by atoms with van der Waals surface area (Å²) in [6, 6.07) is 5.71. The maximum Gasteiger partial charge on any atom is 0.307 e. The van der Waals surface area contributed by atoms with Gasteiger partial charge in [0.15, 0.2) is 0 Å². The number of aryl methyl sites for hydroxylation is 2. The quantitative estimate of drug-likeness (QED) is 0.554. The molecule has 0 heterocycles. The SMILES string of the molecule is Cc1ccc(C)c(NC(=O)CCC(=O)NNC(=O)C2CCCCC2C(=O)O)c1. The molecule has 3 amide bonds. The summed E-state index contributed by atoms with van der Waals surface area (Å²) < 4.78 is 0. The normalized spacial score (nSPS) is 18.8. The molecule has 1 aromatic carbocycles. The molecule has 1 saturated carbocycles. The Kier molecular flexibility index (Phi) is 7.54. The second-order valence-corrected chi connectivity index (χ2v) is 7.24. The molecule has 0 aromatic heterocycles. The van der Waals surface area contributed by atoms with Gasteiger partial charge >= 0.3 is 5.97 Å². The first kappa shape index (κ1) is 21.4. The van der Waals surface area contributed by atoms with Gasteiger partial charge in [0, 0.05) is 18.5 Å². The van der Waals surface area contributed by atoms with Gasteiger partial charge in [0.05, 0.1) is 11.8 Å². The summed E-state index contributed by atoms with van der Waals surface area (Å²) in [5.74, 6) is -3.68. The number of hydrogen-bond donors (Lipinski definition) is 4. The lowest BCUT2D eigenvalue weighted by molar-refractivity contribution is -0.149. The number of carboxylic acid groups (broad SMARTS) is 1. The summed E-state index contributed by atoms with van der Waals surface area (Å²) in [6.45, 7) is 3.80. The van der Waals surface area contributed by atoms with E-state index in [4.69, 9.17) is 0 Å². The zero-order chi connectivity index (χ0) is 20.7. The van der Waals surface area contributed by atoms with Crippen molar-refractivity contribution < 1.29 is 24.3 Å². The third kappa shape index (κ3) is 6.07. The van der Waals surface area contributed by atoms with Crippen LogP contribution in [0.1, 0.15) is 49.7 Å². The van der Waals surface area contributed by atoms with Gasteiger partial charge in [-0.1, -0.05) is 25.0 Å². The summed E-state index contributed by atoms with van der Waals surface area (Å²) in [4.78, 5) is 47.4. The summed E-state index contributed by atoms with van der Waals surface area (Å²) in [5, 5.41) is 12.0. The van der Waals surface area contributed by atoms with Crippen molar-refractivity contribution >= 4 is 29.4 Å². The highest BCUT2D eigenvalue weighted by Gasteiger charge is 2.35. The average molecular weight is 389 g/mol. The molecule has 1 aliphatic carbocycles. The van der Waals surface area contributed by atoms with Crippen LogP contribution in [0.2, 0.25) is 0 Å². The minimum absolute atomic E-state index is 0.0315. The van der Waals surface area contributed by atoms with Gasteiger partial charge in [-0.15, -0.1) is 0 Å². The lowest BCUT2D eigenvalue weighted by atomic mass is 9.79. The van der Waals surface area contributed by atoms with Crippen LogP contribution in [0.4, 0.5) is 5.69 Å². The van der Waals surface area contributed by atoms with Crippen LogP contribution in [-0.2, 0) is 19.2 Å². The molecule has 1 fully saturated rings. The Morgan fingerprint density at radius 2 is 1.61 bits per heavy atom. The first-order valence-corrected chi connectivity index (χ1v) is 9.46. The number of aliphatic carboxylic acids is 1. The van der Waals surface area contributed by atoms with E-state index in [1.165, 1.54) is 0 Å². The summed E-state index contributed by atoms with van der Waals surface area (Å²) in [7, 11) is 0. The minimum atomic E-state index is -0.991. The number of rotatable bonds is 6. The van der Waals surface area contributed by atoms with Crippen LogP contribution in [-0.4, -0.2) is 28.8 Å². The highest BCUT2D eigenvalue weighted by molar-refractivity contribution is 5.94. The molecule has 0 bridgehead atoms. The van der Waals surface area contributed by atoms with E-state index in [1.807, 2.05) is 32.0 Å². The smallest absolute Gasteiger partial charge is 0.307 e. The third-order valence-corrected chi connectivity index (χ3v) is 4.99. The maximum absolute atomic E-state index is 12.2. The van der Waals surface area contributed by atoms with Crippen molar-refractivity contribution in [1.82, 2.24) is 10.9 Å². The lowest BCUT2D eigenvalue weighted by Gasteiger charge is -2.27. The molecule has 2 unspecified atom stereocenters. The topological polar surface area (TPSA) is 125 Å². The van der Waals surface area contributed by atoms with Gasteiger partial charge in [-0.05, 0) is 43.9 Å². The van der Waals surface area contributed by atoms with Gasteiger partial charge in [-0.2, -0.15) is 0 Å². The predicted molar refractivity (Wildman–Crippen MR) is 103 cm³/mol. The number of hydrazine groups is 1. The van der Waals surface area contributed by atoms with Crippen molar-refractivity contribution in [2.45, 2.75) is 52.4 Å². The second kappa shape index (κ2) is 9.87. The highest BCUT2D eigenvalue weighted by Crippen LogP contribution is 2.30. The molecule has 28 heavy (non-hydrogen) atoms. The van der Waals surface area contributed by atoms with Gasteiger partial charge in [-0.3, -0.25) is 30.0 Å². The van der Waals surface area contributed by atoms with Gasteiger partial charge in [0.2, 0.25) is 17.7 Å². The Balaban J connectivity index is 1.76. The van der Waals surface area contributed by atoms with Gasteiger partial charge in [0.1, 0.15) is 0 Å². The van der Waals surface area contributed by atoms with Gasteiger partial charge in [0.25, 0.3) is 0 Å². The molecule has 0 spiro atoms.